The molecular weight excluding hydrogens is 577 g/mol. The molecule has 0 spiro atoms. The Bertz CT molecular complexity index is 1300. The lowest BCUT2D eigenvalue weighted by Gasteiger charge is -2.41. The number of aliphatic hydroxyl groups is 1. The number of pyridine rings is 1. The molecule has 9 nitrogen and oxygen atoms in total. The maximum Gasteiger partial charge on any atom is 0.275 e. The van der Waals surface area contributed by atoms with E-state index < -0.39 is 5.60 Å². The number of rotatable bonds is 9. The molecule has 42 heavy (non-hydrogen) atoms. The molecule has 1 aliphatic heterocycles. The van der Waals surface area contributed by atoms with Crippen LogP contribution in [0, 0.1) is 13.8 Å². The van der Waals surface area contributed by atoms with E-state index in [1.807, 2.05) is 65.8 Å². The molecule has 1 aliphatic carbocycles. The summed E-state index contributed by atoms with van der Waals surface area (Å²) in [5, 5.41) is 15.1. The van der Waals surface area contributed by atoms with Gasteiger partial charge in [0, 0.05) is 50.5 Å². The van der Waals surface area contributed by atoms with Crippen LogP contribution in [0.1, 0.15) is 60.0 Å². The fraction of sp³-hybridized carbons (Fsp3) is 0.516. The highest BCUT2D eigenvalue weighted by atomic mass is 35.5. The number of nitrogens with zero attached hydrogens (tertiary/aromatic N) is 4. The van der Waals surface area contributed by atoms with Crippen molar-refractivity contribution >= 4 is 30.7 Å². The van der Waals surface area contributed by atoms with Crippen LogP contribution in [-0.2, 0) is 4.74 Å². The lowest BCUT2D eigenvalue weighted by atomic mass is 9.80. The van der Waals surface area contributed by atoms with Crippen LogP contribution in [0.25, 0.3) is 11.3 Å². The molecule has 0 bridgehead atoms. The van der Waals surface area contributed by atoms with E-state index in [2.05, 4.69) is 10.3 Å². The van der Waals surface area contributed by atoms with E-state index in [1.54, 1.807) is 13.4 Å². The topological polar surface area (TPSA) is 102 Å². The Labute approximate surface area is 260 Å². The fourth-order valence-electron chi connectivity index (χ4n) is 6.21. The minimum absolute atomic E-state index is 0. The van der Waals surface area contributed by atoms with Crippen LogP contribution < -0.4 is 10.1 Å². The number of hydrogen-bond donors (Lipinski definition) is 2. The molecule has 0 unspecified atom stereocenters. The minimum atomic E-state index is -1.02. The van der Waals surface area contributed by atoms with Crippen molar-refractivity contribution in [1.29, 1.82) is 0 Å². The Morgan fingerprint density at radius 2 is 1.93 bits per heavy atom. The average molecular weight is 621 g/mol. The van der Waals surface area contributed by atoms with Crippen LogP contribution in [0.5, 0.6) is 5.75 Å². The summed E-state index contributed by atoms with van der Waals surface area (Å²) in [5.74, 6) is 0.678. The summed E-state index contributed by atoms with van der Waals surface area (Å²) in [6, 6.07) is 13.5. The summed E-state index contributed by atoms with van der Waals surface area (Å²) in [5.41, 5.74) is 2.88. The predicted molar refractivity (Wildman–Crippen MR) is 168 cm³/mol. The molecule has 2 fully saturated rings. The Morgan fingerprint density at radius 3 is 2.67 bits per heavy atom. The normalized spacial score (nSPS) is 22.1. The van der Waals surface area contributed by atoms with Crippen LogP contribution in [0.3, 0.4) is 0 Å². The number of aromatic nitrogens is 3. The van der Waals surface area contributed by atoms with E-state index >= 15 is 0 Å². The number of nitrogens with one attached hydrogen (secondary N) is 1. The molecule has 3 atom stereocenters. The van der Waals surface area contributed by atoms with Gasteiger partial charge in [0.1, 0.15) is 11.4 Å². The Kier molecular flexibility index (Phi) is 12.2. The smallest absolute Gasteiger partial charge is 0.275 e. The third kappa shape index (κ3) is 7.26. The molecule has 1 amide bonds. The highest BCUT2D eigenvalue weighted by Gasteiger charge is 2.42. The van der Waals surface area contributed by atoms with E-state index in [-0.39, 0.29) is 49.4 Å². The number of carbonyl (C=O) groups excluding carboxylic acids is 1. The Hall–Kier alpha value is -2.69. The number of methoxy groups -OCH3 is 1. The number of halogens is 2. The van der Waals surface area contributed by atoms with Gasteiger partial charge in [0.15, 0.2) is 5.69 Å². The molecule has 230 valence electrons. The number of ether oxygens (including phenoxy) is 2. The van der Waals surface area contributed by atoms with Gasteiger partial charge in [-0.25, -0.2) is 4.98 Å². The van der Waals surface area contributed by atoms with Gasteiger partial charge in [-0.05, 0) is 38.8 Å². The third-order valence-electron chi connectivity index (χ3n) is 8.23. The van der Waals surface area contributed by atoms with Crippen molar-refractivity contribution in [3.8, 4) is 17.0 Å². The van der Waals surface area contributed by atoms with Gasteiger partial charge in [-0.15, -0.1) is 24.8 Å². The van der Waals surface area contributed by atoms with Crippen molar-refractivity contribution in [3.63, 3.8) is 0 Å². The molecule has 2 N–H and O–H groups in total. The summed E-state index contributed by atoms with van der Waals surface area (Å²) < 4.78 is 13.5. The monoisotopic (exact) mass is 619 g/mol. The molecule has 11 heteroatoms. The van der Waals surface area contributed by atoms with Gasteiger partial charge >= 0.3 is 0 Å². The molecule has 3 aromatic rings. The van der Waals surface area contributed by atoms with Gasteiger partial charge in [0.2, 0.25) is 0 Å². The number of hydrogen-bond acceptors (Lipinski definition) is 7. The van der Waals surface area contributed by atoms with E-state index in [0.29, 0.717) is 38.2 Å². The second kappa shape index (κ2) is 15.2. The van der Waals surface area contributed by atoms with Crippen molar-refractivity contribution < 1.29 is 19.4 Å². The molecule has 2 aromatic heterocycles. The lowest BCUT2D eigenvalue weighted by molar-refractivity contribution is -0.0893. The SMILES string of the molecule is COC[C@]1(O)CCCC[C@H]1n1cnc(C(=O)N2CCNC[C@H]2CCOc2ccc(C)nc2C)c1-c1ccccc1.Cl.Cl. The lowest BCUT2D eigenvalue weighted by Crippen LogP contribution is -2.54. The number of carbonyl (C=O) groups is 1. The van der Waals surface area contributed by atoms with Gasteiger partial charge in [-0.2, -0.15) is 0 Å². The van der Waals surface area contributed by atoms with Crippen LogP contribution in [0.15, 0.2) is 48.8 Å². The average Bonchev–Trinajstić information content (AvgIpc) is 3.39. The van der Waals surface area contributed by atoms with Crippen LogP contribution in [0.4, 0.5) is 0 Å². The van der Waals surface area contributed by atoms with Gasteiger partial charge in [0.05, 0.1) is 37.0 Å². The van der Waals surface area contributed by atoms with Crippen molar-refractivity contribution in [2.75, 3.05) is 40.0 Å². The zero-order valence-electron chi connectivity index (χ0n) is 24.6. The zero-order chi connectivity index (χ0) is 28.1. The van der Waals surface area contributed by atoms with E-state index in [1.165, 1.54) is 0 Å². The first-order valence-electron chi connectivity index (χ1n) is 14.3. The van der Waals surface area contributed by atoms with Crippen molar-refractivity contribution in [2.45, 2.75) is 63.6 Å². The van der Waals surface area contributed by atoms with Crippen LogP contribution >= 0.6 is 24.8 Å². The number of piperazine rings is 1. The first kappa shape index (κ1) is 33.8. The quantitative estimate of drug-likeness (QED) is 0.355. The van der Waals surface area contributed by atoms with Gasteiger partial charge < -0.3 is 29.4 Å². The highest BCUT2D eigenvalue weighted by molar-refractivity contribution is 5.98. The third-order valence-corrected chi connectivity index (χ3v) is 8.23. The molecule has 1 saturated heterocycles. The summed E-state index contributed by atoms with van der Waals surface area (Å²) in [6.45, 7) is 6.64. The fourth-order valence-corrected chi connectivity index (χ4v) is 6.21. The van der Waals surface area contributed by atoms with Gasteiger partial charge in [-0.1, -0.05) is 43.2 Å². The van der Waals surface area contributed by atoms with Crippen LogP contribution in [-0.4, -0.2) is 82.0 Å². The number of amides is 1. The largest absolute Gasteiger partial charge is 0.492 e. The van der Waals surface area contributed by atoms with Crippen molar-refractivity contribution in [1.82, 2.24) is 24.8 Å². The van der Waals surface area contributed by atoms with Crippen molar-refractivity contribution in [2.24, 2.45) is 0 Å². The predicted octanol–water partition coefficient (Wildman–Crippen LogP) is 4.78. The highest BCUT2D eigenvalue weighted by Crippen LogP contribution is 2.41. The molecular formula is C31H43Cl2N5O4. The van der Waals surface area contributed by atoms with Crippen molar-refractivity contribution in [3.05, 3.63) is 65.9 Å². The standard InChI is InChI=1S/C31H41N5O4.2ClH/c1-22-12-13-26(23(2)34-22)40-18-14-25-19-32-16-17-35(25)30(37)28-29(24-9-5-4-6-10-24)36(21-33-28)27-11-7-8-15-31(27,38)20-39-3;;/h4-6,9-10,12-13,21,25,27,32,38H,7-8,11,14-20H2,1-3H3;2*1H/t25-,27-,31-;;/m1../s1. The van der Waals surface area contributed by atoms with Crippen LogP contribution in [0.2, 0.25) is 0 Å². The number of imidazole rings is 1. The zero-order valence-corrected chi connectivity index (χ0v) is 26.3. The van der Waals surface area contributed by atoms with Gasteiger partial charge in [-0.3, -0.25) is 9.78 Å². The number of benzene rings is 1. The summed E-state index contributed by atoms with van der Waals surface area (Å²) in [7, 11) is 1.62. The second-order valence-corrected chi connectivity index (χ2v) is 11.0. The molecule has 3 heterocycles. The molecule has 5 rings (SSSR count). The molecule has 1 saturated carbocycles. The summed E-state index contributed by atoms with van der Waals surface area (Å²) >= 11 is 0. The molecule has 2 aliphatic rings. The van der Waals surface area contributed by atoms with Gasteiger partial charge in [0.25, 0.3) is 5.91 Å². The molecule has 0 radical (unpaired) electrons. The van der Waals surface area contributed by atoms with E-state index in [0.717, 1.165) is 54.2 Å². The summed E-state index contributed by atoms with van der Waals surface area (Å²) in [6.07, 6.45) is 5.81. The minimum Gasteiger partial charge on any atom is -0.492 e. The molecule has 1 aromatic carbocycles. The Morgan fingerprint density at radius 1 is 1.14 bits per heavy atom. The second-order valence-electron chi connectivity index (χ2n) is 11.0. The number of aryl methyl sites for hydroxylation is 2. The summed E-state index contributed by atoms with van der Waals surface area (Å²) in [4.78, 5) is 25.3. The first-order chi connectivity index (χ1) is 19.4. The maximum atomic E-state index is 14.2. The van der Waals surface area contributed by atoms with E-state index in [9.17, 15) is 9.90 Å². The first-order valence-corrected chi connectivity index (χ1v) is 14.3. The maximum absolute atomic E-state index is 14.2. The Balaban J connectivity index is 0.00000242. The van der Waals surface area contributed by atoms with E-state index in [4.69, 9.17) is 14.5 Å².